The van der Waals surface area contributed by atoms with Crippen LogP contribution in [0.25, 0.3) is 0 Å². The summed E-state index contributed by atoms with van der Waals surface area (Å²) in [5.41, 5.74) is 0.987. The minimum atomic E-state index is 0.260. The maximum atomic E-state index is 8.60. The van der Waals surface area contributed by atoms with Crippen molar-refractivity contribution in [2.24, 2.45) is 0 Å². The molecule has 4 heteroatoms. The largest absolute Gasteiger partial charge is 0.307 e. The molecule has 0 aromatic carbocycles. The van der Waals surface area contributed by atoms with Crippen molar-refractivity contribution in [3.63, 3.8) is 0 Å². The first-order valence-electron chi connectivity index (χ1n) is 4.98. The van der Waals surface area contributed by atoms with Crippen LogP contribution in [0.15, 0.2) is 22.8 Å². The van der Waals surface area contributed by atoms with E-state index in [-0.39, 0.29) is 6.04 Å². The zero-order chi connectivity index (χ0) is 11.1. The van der Waals surface area contributed by atoms with Crippen molar-refractivity contribution in [2.45, 2.75) is 32.4 Å². The number of aromatic nitrogens is 1. The predicted molar refractivity (Wildman–Crippen MR) is 63.1 cm³/mol. The normalized spacial score (nSPS) is 12.1. The molecule has 0 amide bonds. The number of nitrogens with one attached hydrogen (secondary N) is 1. The Hall–Kier alpha value is -0.920. The van der Waals surface area contributed by atoms with E-state index in [1.165, 1.54) is 0 Å². The Bertz CT molecular complexity index is 346. The fourth-order valence-corrected chi connectivity index (χ4v) is 1.65. The van der Waals surface area contributed by atoms with E-state index in [4.69, 9.17) is 5.26 Å². The maximum Gasteiger partial charge on any atom is 0.106 e. The number of rotatable bonds is 5. The van der Waals surface area contributed by atoms with Gasteiger partial charge in [-0.2, -0.15) is 5.26 Å². The molecular weight excluding hydrogens is 254 g/mol. The number of nitrogens with zero attached hydrogens (tertiary/aromatic N) is 2. The van der Waals surface area contributed by atoms with Crippen LogP contribution in [-0.2, 0) is 6.54 Å². The molecule has 80 valence electrons. The van der Waals surface area contributed by atoms with Gasteiger partial charge in [0.15, 0.2) is 0 Å². The monoisotopic (exact) mass is 267 g/mol. The minimum absolute atomic E-state index is 0.260. The van der Waals surface area contributed by atoms with Crippen LogP contribution in [0, 0.1) is 11.3 Å². The molecule has 3 nitrogen and oxygen atoms in total. The first-order chi connectivity index (χ1) is 7.26. The van der Waals surface area contributed by atoms with Crippen molar-refractivity contribution in [3.8, 4) is 6.07 Å². The molecule has 0 aliphatic carbocycles. The van der Waals surface area contributed by atoms with Crippen LogP contribution in [0.5, 0.6) is 0 Å². The number of halogens is 1. The van der Waals surface area contributed by atoms with Gasteiger partial charge in [0.25, 0.3) is 0 Å². The Morgan fingerprint density at radius 1 is 1.60 bits per heavy atom. The van der Waals surface area contributed by atoms with E-state index in [2.05, 4.69) is 39.2 Å². The van der Waals surface area contributed by atoms with Crippen LogP contribution in [0.3, 0.4) is 0 Å². The zero-order valence-electron chi connectivity index (χ0n) is 8.70. The molecule has 0 spiro atoms. The Kier molecular flexibility index (Phi) is 5.30. The lowest BCUT2D eigenvalue weighted by Gasteiger charge is -2.12. The highest BCUT2D eigenvalue weighted by atomic mass is 79.9. The summed E-state index contributed by atoms with van der Waals surface area (Å²) in [7, 11) is 0. The maximum absolute atomic E-state index is 8.60. The summed E-state index contributed by atoms with van der Waals surface area (Å²) >= 11 is 3.33. The standard InChI is InChI=1S/C11H14BrN3/c1-2-9(6-7-13)14-8-10-4-3-5-11(12)15-10/h3-5,9,14H,2,6,8H2,1H3. The third kappa shape index (κ3) is 4.41. The average molecular weight is 268 g/mol. The number of nitriles is 1. The second-order valence-electron chi connectivity index (χ2n) is 3.30. The Morgan fingerprint density at radius 3 is 3.00 bits per heavy atom. The van der Waals surface area contributed by atoms with Gasteiger partial charge in [-0.15, -0.1) is 0 Å². The van der Waals surface area contributed by atoms with Crippen LogP contribution < -0.4 is 5.32 Å². The Labute approximate surface area is 98.7 Å². The van der Waals surface area contributed by atoms with Crippen LogP contribution in [0.1, 0.15) is 25.5 Å². The smallest absolute Gasteiger partial charge is 0.106 e. The Morgan fingerprint density at radius 2 is 2.40 bits per heavy atom. The summed E-state index contributed by atoms with van der Waals surface area (Å²) in [4.78, 5) is 4.31. The van der Waals surface area contributed by atoms with Crippen molar-refractivity contribution in [2.75, 3.05) is 0 Å². The minimum Gasteiger partial charge on any atom is -0.307 e. The van der Waals surface area contributed by atoms with E-state index in [1.54, 1.807) is 0 Å². The van der Waals surface area contributed by atoms with Gasteiger partial charge in [0.2, 0.25) is 0 Å². The highest BCUT2D eigenvalue weighted by molar-refractivity contribution is 9.10. The van der Waals surface area contributed by atoms with E-state index in [0.717, 1.165) is 16.7 Å². The van der Waals surface area contributed by atoms with E-state index in [9.17, 15) is 0 Å². The van der Waals surface area contributed by atoms with Crippen molar-refractivity contribution in [1.29, 1.82) is 5.26 Å². The Balaban J connectivity index is 2.46. The molecule has 1 heterocycles. The molecule has 1 aromatic heterocycles. The number of hydrogen-bond donors (Lipinski definition) is 1. The summed E-state index contributed by atoms with van der Waals surface area (Å²) in [6.45, 7) is 2.78. The summed E-state index contributed by atoms with van der Waals surface area (Å²) in [5, 5.41) is 11.9. The molecule has 0 fully saturated rings. The second-order valence-corrected chi connectivity index (χ2v) is 4.11. The van der Waals surface area contributed by atoms with Crippen molar-refractivity contribution < 1.29 is 0 Å². The molecule has 1 rings (SSSR count). The fraction of sp³-hybridized carbons (Fsp3) is 0.455. The summed E-state index contributed by atoms with van der Waals surface area (Å²) in [6.07, 6.45) is 1.51. The van der Waals surface area contributed by atoms with Gasteiger partial charge in [0, 0.05) is 12.6 Å². The van der Waals surface area contributed by atoms with Crippen LogP contribution in [0.2, 0.25) is 0 Å². The lowest BCUT2D eigenvalue weighted by Crippen LogP contribution is -2.27. The van der Waals surface area contributed by atoms with E-state index < -0.39 is 0 Å². The van der Waals surface area contributed by atoms with Gasteiger partial charge in [-0.3, -0.25) is 0 Å². The average Bonchev–Trinajstić information content (AvgIpc) is 2.24. The van der Waals surface area contributed by atoms with Crippen molar-refractivity contribution in [1.82, 2.24) is 10.3 Å². The van der Waals surface area contributed by atoms with Crippen LogP contribution >= 0.6 is 15.9 Å². The summed E-state index contributed by atoms with van der Waals surface area (Å²) < 4.78 is 0.843. The molecule has 1 unspecified atom stereocenters. The van der Waals surface area contributed by atoms with Crippen LogP contribution in [0.4, 0.5) is 0 Å². The van der Waals surface area contributed by atoms with E-state index in [1.807, 2.05) is 18.2 Å². The van der Waals surface area contributed by atoms with Gasteiger partial charge >= 0.3 is 0 Å². The predicted octanol–water partition coefficient (Wildman–Crippen LogP) is 2.63. The molecule has 0 saturated carbocycles. The van der Waals surface area contributed by atoms with Gasteiger partial charge in [0.1, 0.15) is 4.60 Å². The quantitative estimate of drug-likeness (QED) is 0.835. The third-order valence-electron chi connectivity index (χ3n) is 2.18. The third-order valence-corrected chi connectivity index (χ3v) is 2.62. The molecule has 15 heavy (non-hydrogen) atoms. The van der Waals surface area contributed by atoms with E-state index >= 15 is 0 Å². The second kappa shape index (κ2) is 6.54. The fourth-order valence-electron chi connectivity index (χ4n) is 1.27. The van der Waals surface area contributed by atoms with Gasteiger partial charge in [-0.05, 0) is 34.5 Å². The van der Waals surface area contributed by atoms with Gasteiger partial charge < -0.3 is 5.32 Å². The molecule has 0 aliphatic heterocycles. The first-order valence-corrected chi connectivity index (χ1v) is 5.77. The van der Waals surface area contributed by atoms with Gasteiger partial charge in [0.05, 0.1) is 18.2 Å². The molecular formula is C11H14BrN3. The number of pyridine rings is 1. The highest BCUT2D eigenvalue weighted by Gasteiger charge is 2.04. The molecule has 1 aromatic rings. The lowest BCUT2D eigenvalue weighted by atomic mass is 10.1. The van der Waals surface area contributed by atoms with Gasteiger partial charge in [-0.25, -0.2) is 4.98 Å². The number of hydrogen-bond acceptors (Lipinski definition) is 3. The van der Waals surface area contributed by atoms with Gasteiger partial charge in [-0.1, -0.05) is 13.0 Å². The van der Waals surface area contributed by atoms with Crippen LogP contribution in [-0.4, -0.2) is 11.0 Å². The molecule has 0 saturated heterocycles. The first kappa shape index (κ1) is 12.2. The summed E-state index contributed by atoms with van der Waals surface area (Å²) in [5.74, 6) is 0. The highest BCUT2D eigenvalue weighted by Crippen LogP contribution is 2.06. The molecule has 0 bridgehead atoms. The lowest BCUT2D eigenvalue weighted by molar-refractivity contribution is 0.500. The van der Waals surface area contributed by atoms with Crippen molar-refractivity contribution >= 4 is 15.9 Å². The van der Waals surface area contributed by atoms with E-state index in [0.29, 0.717) is 13.0 Å². The molecule has 0 aliphatic rings. The van der Waals surface area contributed by atoms with Crippen molar-refractivity contribution in [3.05, 3.63) is 28.5 Å². The SMILES string of the molecule is CCC(CC#N)NCc1cccc(Br)n1. The summed E-state index contributed by atoms with van der Waals surface area (Å²) in [6, 6.07) is 8.26. The zero-order valence-corrected chi connectivity index (χ0v) is 10.3. The molecule has 1 N–H and O–H groups in total. The molecule has 1 atom stereocenters. The molecule has 0 radical (unpaired) electrons. The topological polar surface area (TPSA) is 48.7 Å².